The van der Waals surface area contributed by atoms with Gasteiger partial charge in [-0.1, -0.05) is 37.1 Å². The number of amidine groups is 1. The summed E-state index contributed by atoms with van der Waals surface area (Å²) in [6.45, 7) is 1.70. The summed E-state index contributed by atoms with van der Waals surface area (Å²) in [6, 6.07) is 8.20. The molecule has 2 aromatic rings. The Balaban J connectivity index is 1.76. The second-order valence-electron chi connectivity index (χ2n) is 8.07. The topological polar surface area (TPSA) is 109 Å². The van der Waals surface area contributed by atoms with E-state index >= 15 is 0 Å². The molecule has 0 bridgehead atoms. The molecule has 0 spiro atoms. The molecule has 0 saturated heterocycles. The van der Waals surface area contributed by atoms with E-state index in [1.54, 1.807) is 31.2 Å². The fourth-order valence-corrected chi connectivity index (χ4v) is 4.21. The van der Waals surface area contributed by atoms with Crippen LogP contribution in [0.3, 0.4) is 0 Å². The third kappa shape index (κ3) is 5.90. The minimum absolute atomic E-state index is 0.0299. The van der Waals surface area contributed by atoms with Crippen molar-refractivity contribution in [2.75, 3.05) is 6.61 Å². The highest BCUT2D eigenvalue weighted by Gasteiger charge is 2.31. The number of nitrogens with one attached hydrogen (secondary N) is 2. The molecular formula is C24H27ClF2N4O3. The fraction of sp³-hybridized carbons (Fsp3) is 0.375. The third-order valence-electron chi connectivity index (χ3n) is 5.73. The minimum atomic E-state index is -1.55. The fourth-order valence-electron chi connectivity index (χ4n) is 3.92. The van der Waals surface area contributed by atoms with Crippen LogP contribution in [0.2, 0.25) is 0 Å². The number of carbonyl (C=O) groups is 2. The van der Waals surface area contributed by atoms with E-state index < -0.39 is 35.1 Å². The van der Waals surface area contributed by atoms with E-state index in [9.17, 15) is 18.4 Å². The van der Waals surface area contributed by atoms with E-state index in [1.807, 2.05) is 0 Å². The van der Waals surface area contributed by atoms with Crippen molar-refractivity contribution in [2.24, 2.45) is 5.73 Å². The number of rotatable bonds is 9. The van der Waals surface area contributed by atoms with E-state index in [2.05, 4.69) is 5.32 Å². The third-order valence-corrected chi connectivity index (χ3v) is 6.16. The van der Waals surface area contributed by atoms with Crippen LogP contribution < -0.4 is 11.1 Å². The van der Waals surface area contributed by atoms with Gasteiger partial charge in [0.2, 0.25) is 0 Å². The van der Waals surface area contributed by atoms with Crippen molar-refractivity contribution in [2.45, 2.75) is 51.3 Å². The first kappa shape index (κ1) is 25.6. The van der Waals surface area contributed by atoms with Crippen molar-refractivity contribution in [1.29, 1.82) is 5.41 Å². The molecule has 34 heavy (non-hydrogen) atoms. The van der Waals surface area contributed by atoms with Gasteiger partial charge in [0.05, 0.1) is 5.56 Å². The lowest BCUT2D eigenvalue weighted by Gasteiger charge is -2.22. The molecule has 1 aliphatic rings. The van der Waals surface area contributed by atoms with E-state index in [4.69, 9.17) is 27.7 Å². The summed E-state index contributed by atoms with van der Waals surface area (Å²) < 4.78 is 36.3. The Hall–Kier alpha value is -3.04. The van der Waals surface area contributed by atoms with Gasteiger partial charge in [0, 0.05) is 42.1 Å². The van der Waals surface area contributed by atoms with E-state index in [0.717, 1.165) is 42.2 Å². The maximum absolute atomic E-state index is 15.0. The number of nitrogens with zero attached hydrogens (tertiary/aromatic N) is 1. The smallest absolute Gasteiger partial charge is 0.268 e. The molecule has 2 aromatic carbocycles. The first-order chi connectivity index (χ1) is 16.2. The highest BCUT2D eigenvalue weighted by molar-refractivity contribution is 6.24. The zero-order valence-electron chi connectivity index (χ0n) is 18.7. The van der Waals surface area contributed by atoms with Crippen molar-refractivity contribution >= 4 is 29.4 Å². The summed E-state index contributed by atoms with van der Waals surface area (Å²) in [5, 5.41) is 10.0. The summed E-state index contributed by atoms with van der Waals surface area (Å²) >= 11 is 6.14. The zero-order valence-corrected chi connectivity index (χ0v) is 19.5. The Morgan fingerprint density at radius 1 is 1.18 bits per heavy atom. The Labute approximate surface area is 201 Å². The number of hydrogen-bond donors (Lipinski definition) is 3. The first-order valence-corrected chi connectivity index (χ1v) is 11.4. The summed E-state index contributed by atoms with van der Waals surface area (Å²) in [5.74, 6) is -3.65. The molecule has 182 valence electrons. The molecule has 0 aliphatic heterocycles. The lowest BCUT2D eigenvalue weighted by Crippen LogP contribution is -2.33. The average Bonchev–Trinajstić information content (AvgIpc) is 3.35. The molecule has 1 unspecified atom stereocenters. The lowest BCUT2D eigenvalue weighted by atomic mass is 10.0. The standard InChI is InChI=1S/C24H27ClF2N4O3/c1-2-34-21(23(32)30-13-14-7-9-15(10-8-14)22(28)29)20-18(26)11-16(12-19(20)27)24(33)31(25)17-5-3-4-6-17/h7-12,17,21H,2-6,13H2,1H3,(H3,28,29)(H,30,32). The Morgan fingerprint density at radius 3 is 2.29 bits per heavy atom. The molecule has 2 amide bonds. The number of amides is 2. The van der Waals surface area contributed by atoms with Crippen LogP contribution in [0.1, 0.15) is 65.8 Å². The second-order valence-corrected chi connectivity index (χ2v) is 8.44. The van der Waals surface area contributed by atoms with Crippen LogP contribution in [0.5, 0.6) is 0 Å². The molecule has 0 aromatic heterocycles. The number of carbonyl (C=O) groups excluding carboxylic acids is 2. The maximum atomic E-state index is 15.0. The van der Waals surface area contributed by atoms with E-state index in [1.165, 1.54) is 0 Å². The Kier molecular flexibility index (Phi) is 8.57. The number of hydrogen-bond acceptors (Lipinski definition) is 4. The SMILES string of the molecule is CCOC(C(=O)NCc1ccc(C(=N)N)cc1)c1c(F)cc(C(=O)N(Cl)C2CCCC2)cc1F. The van der Waals surface area contributed by atoms with Crippen molar-refractivity contribution in [3.63, 3.8) is 0 Å². The number of ether oxygens (including phenoxy) is 1. The molecule has 10 heteroatoms. The van der Waals surface area contributed by atoms with Gasteiger partial charge in [-0.05, 0) is 37.5 Å². The molecule has 1 fully saturated rings. The van der Waals surface area contributed by atoms with Crippen molar-refractivity contribution in [3.8, 4) is 0 Å². The van der Waals surface area contributed by atoms with Crippen LogP contribution in [0, 0.1) is 17.0 Å². The van der Waals surface area contributed by atoms with Gasteiger partial charge >= 0.3 is 0 Å². The quantitative estimate of drug-likeness (QED) is 0.277. The molecule has 0 heterocycles. The van der Waals surface area contributed by atoms with Crippen molar-refractivity contribution in [1.82, 2.24) is 9.74 Å². The van der Waals surface area contributed by atoms with E-state index in [-0.39, 0.29) is 30.6 Å². The molecule has 1 atom stereocenters. The van der Waals surface area contributed by atoms with Gasteiger partial charge in [0.25, 0.3) is 11.8 Å². The Bertz CT molecular complexity index is 1040. The first-order valence-electron chi connectivity index (χ1n) is 11.0. The summed E-state index contributed by atoms with van der Waals surface area (Å²) in [7, 11) is 0. The minimum Gasteiger partial charge on any atom is -0.384 e. The van der Waals surface area contributed by atoms with Gasteiger partial charge in [-0.3, -0.25) is 15.0 Å². The number of benzene rings is 2. The summed E-state index contributed by atoms with van der Waals surface area (Å²) in [6.07, 6.45) is 1.81. The lowest BCUT2D eigenvalue weighted by molar-refractivity contribution is -0.133. The molecule has 4 N–H and O–H groups in total. The van der Waals surface area contributed by atoms with Crippen LogP contribution >= 0.6 is 11.8 Å². The van der Waals surface area contributed by atoms with Crippen LogP contribution in [-0.2, 0) is 16.1 Å². The van der Waals surface area contributed by atoms with Gasteiger partial charge in [-0.2, -0.15) is 0 Å². The highest BCUT2D eigenvalue weighted by Crippen LogP contribution is 2.29. The van der Waals surface area contributed by atoms with E-state index in [0.29, 0.717) is 11.1 Å². The van der Waals surface area contributed by atoms with Gasteiger partial charge in [0.1, 0.15) is 17.5 Å². The largest absolute Gasteiger partial charge is 0.384 e. The van der Waals surface area contributed by atoms with Gasteiger partial charge in [-0.25, -0.2) is 13.2 Å². The highest BCUT2D eigenvalue weighted by atomic mass is 35.5. The average molecular weight is 493 g/mol. The van der Waals surface area contributed by atoms with Crippen molar-refractivity contribution < 1.29 is 23.1 Å². The van der Waals surface area contributed by atoms with Crippen LogP contribution in [0.4, 0.5) is 8.78 Å². The van der Waals surface area contributed by atoms with Gasteiger partial charge in [-0.15, -0.1) is 0 Å². The number of nitrogen functional groups attached to an aromatic ring is 1. The molecule has 3 rings (SSSR count). The summed E-state index contributed by atoms with van der Waals surface area (Å²) in [5.41, 5.74) is 5.84. The van der Waals surface area contributed by atoms with Crippen LogP contribution in [0.25, 0.3) is 0 Å². The normalized spacial score (nSPS) is 14.6. The van der Waals surface area contributed by atoms with Gasteiger partial charge < -0.3 is 15.8 Å². The molecule has 1 saturated carbocycles. The monoisotopic (exact) mass is 492 g/mol. The number of halogens is 3. The van der Waals surface area contributed by atoms with Crippen LogP contribution in [0.15, 0.2) is 36.4 Å². The van der Waals surface area contributed by atoms with Crippen molar-refractivity contribution in [3.05, 3.63) is 70.3 Å². The second kappa shape index (κ2) is 11.4. The predicted octanol–water partition coefficient (Wildman–Crippen LogP) is 4.18. The number of nitrogens with two attached hydrogens (primary N) is 1. The summed E-state index contributed by atoms with van der Waals surface area (Å²) in [4.78, 5) is 25.4. The molecule has 1 aliphatic carbocycles. The zero-order chi connectivity index (χ0) is 24.8. The molecular weight excluding hydrogens is 466 g/mol. The maximum Gasteiger partial charge on any atom is 0.268 e. The van der Waals surface area contributed by atoms with Crippen LogP contribution in [-0.4, -0.2) is 34.7 Å². The van der Waals surface area contributed by atoms with Gasteiger partial charge in [0.15, 0.2) is 6.10 Å². The molecule has 7 nitrogen and oxygen atoms in total. The Morgan fingerprint density at radius 2 is 1.76 bits per heavy atom. The predicted molar refractivity (Wildman–Crippen MR) is 124 cm³/mol. The molecule has 0 radical (unpaired) electrons.